The van der Waals surface area contributed by atoms with E-state index < -0.39 is 11.7 Å². The number of aromatic nitrogens is 2. The monoisotopic (exact) mass is 409 g/mol. The van der Waals surface area contributed by atoms with Gasteiger partial charge in [-0.2, -0.15) is 18.4 Å². The van der Waals surface area contributed by atoms with Crippen molar-refractivity contribution < 1.29 is 13.2 Å². The third-order valence-electron chi connectivity index (χ3n) is 4.36. The Bertz CT molecular complexity index is 1110. The molecule has 2 aromatic heterocycles. The molecule has 2 heterocycles. The maximum atomic E-state index is 12.7. The molecule has 0 atom stereocenters. The highest BCUT2D eigenvalue weighted by atomic mass is 19.4. The number of nitriles is 1. The molecule has 0 aliphatic rings. The van der Waals surface area contributed by atoms with Crippen molar-refractivity contribution in [1.82, 2.24) is 14.9 Å². The fourth-order valence-electron chi connectivity index (χ4n) is 2.80. The summed E-state index contributed by atoms with van der Waals surface area (Å²) in [7, 11) is 3.55. The Morgan fingerprint density at radius 2 is 1.70 bits per heavy atom. The molecule has 5 nitrogen and oxygen atoms in total. The first-order valence-corrected chi connectivity index (χ1v) is 8.96. The molecule has 152 valence electrons. The molecule has 3 aromatic rings. The molecule has 0 spiro atoms. The Hall–Kier alpha value is -3.73. The van der Waals surface area contributed by atoms with E-state index in [0.717, 1.165) is 29.0 Å². The van der Waals surface area contributed by atoms with Crippen molar-refractivity contribution in [2.45, 2.75) is 13.1 Å². The summed E-state index contributed by atoms with van der Waals surface area (Å²) in [6.07, 6.45) is -1.98. The molecule has 8 heteroatoms. The van der Waals surface area contributed by atoms with Gasteiger partial charge in [-0.1, -0.05) is 12.1 Å². The summed E-state index contributed by atoms with van der Waals surface area (Å²) in [6, 6.07) is 13.4. The number of pyridine rings is 2. The minimum Gasteiger partial charge on any atom is -0.361 e. The zero-order valence-electron chi connectivity index (χ0n) is 16.6. The number of amidine groups is 1. The topological polar surface area (TPSA) is 65.2 Å². The number of hydrogen-bond donors (Lipinski definition) is 0. The number of nitrogens with zero attached hydrogens (tertiary/aromatic N) is 5. The predicted octanol–water partition coefficient (Wildman–Crippen LogP) is 4.98. The molecular weight excluding hydrogens is 391 g/mol. The van der Waals surface area contributed by atoms with Crippen molar-refractivity contribution in [3.8, 4) is 17.2 Å². The molecule has 3 rings (SSSR count). The van der Waals surface area contributed by atoms with E-state index in [0.29, 0.717) is 17.1 Å². The summed E-state index contributed by atoms with van der Waals surface area (Å²) >= 11 is 0. The normalized spacial score (nSPS) is 11.8. The summed E-state index contributed by atoms with van der Waals surface area (Å²) in [6.45, 7) is 1.88. The molecule has 0 N–H and O–H groups in total. The maximum Gasteiger partial charge on any atom is 0.417 e. The van der Waals surface area contributed by atoms with E-state index in [4.69, 9.17) is 5.26 Å². The van der Waals surface area contributed by atoms with Crippen molar-refractivity contribution in [1.29, 1.82) is 5.26 Å². The highest BCUT2D eigenvalue weighted by Gasteiger charge is 2.30. The van der Waals surface area contributed by atoms with Gasteiger partial charge in [-0.3, -0.25) is 4.98 Å². The summed E-state index contributed by atoms with van der Waals surface area (Å²) < 4.78 is 38.2. The molecule has 0 fully saturated rings. The highest BCUT2D eigenvalue weighted by molar-refractivity contribution is 5.99. The molecule has 0 aliphatic heterocycles. The van der Waals surface area contributed by atoms with Crippen molar-refractivity contribution >= 4 is 11.7 Å². The molecule has 0 saturated heterocycles. The van der Waals surface area contributed by atoms with Gasteiger partial charge in [-0.15, -0.1) is 0 Å². The fraction of sp³-hybridized carbons (Fsp3) is 0.182. The number of aryl methyl sites for hydroxylation is 1. The summed E-state index contributed by atoms with van der Waals surface area (Å²) in [5.41, 5.74) is 2.99. The van der Waals surface area contributed by atoms with E-state index >= 15 is 0 Å². The van der Waals surface area contributed by atoms with Crippen LogP contribution in [0.1, 0.15) is 22.4 Å². The summed E-state index contributed by atoms with van der Waals surface area (Å²) in [5.74, 6) is 0.634. The van der Waals surface area contributed by atoms with Crippen LogP contribution in [-0.4, -0.2) is 34.8 Å². The first-order chi connectivity index (χ1) is 14.2. The van der Waals surface area contributed by atoms with Gasteiger partial charge >= 0.3 is 6.18 Å². The van der Waals surface area contributed by atoms with Crippen LogP contribution < -0.4 is 0 Å². The van der Waals surface area contributed by atoms with E-state index in [2.05, 4.69) is 21.0 Å². The van der Waals surface area contributed by atoms with Gasteiger partial charge in [-0.25, -0.2) is 9.98 Å². The Morgan fingerprint density at radius 3 is 2.20 bits per heavy atom. The van der Waals surface area contributed by atoms with Crippen molar-refractivity contribution in [3.05, 3.63) is 77.2 Å². The molecule has 0 radical (unpaired) electrons. The minimum absolute atomic E-state index is 0.157. The Morgan fingerprint density at radius 1 is 1.00 bits per heavy atom. The second-order valence-electron chi connectivity index (χ2n) is 6.81. The lowest BCUT2D eigenvalue weighted by Gasteiger charge is -2.17. The van der Waals surface area contributed by atoms with Crippen LogP contribution in [0.15, 0.2) is 59.9 Å². The van der Waals surface area contributed by atoms with Crippen LogP contribution in [0.5, 0.6) is 0 Å². The molecular formula is C22H18F3N5. The van der Waals surface area contributed by atoms with E-state index in [1.165, 1.54) is 6.07 Å². The number of benzene rings is 1. The van der Waals surface area contributed by atoms with Crippen LogP contribution in [0, 0.1) is 18.3 Å². The first kappa shape index (κ1) is 21.0. The van der Waals surface area contributed by atoms with E-state index in [-0.39, 0.29) is 5.82 Å². The fourth-order valence-corrected chi connectivity index (χ4v) is 2.80. The van der Waals surface area contributed by atoms with Gasteiger partial charge in [-0.05, 0) is 48.4 Å². The molecule has 30 heavy (non-hydrogen) atoms. The van der Waals surface area contributed by atoms with Crippen LogP contribution in [-0.2, 0) is 6.18 Å². The van der Waals surface area contributed by atoms with Crippen molar-refractivity contribution in [2.24, 2.45) is 4.99 Å². The van der Waals surface area contributed by atoms with Gasteiger partial charge in [0.1, 0.15) is 5.69 Å². The van der Waals surface area contributed by atoms with Gasteiger partial charge in [0.15, 0.2) is 11.7 Å². The number of alkyl halides is 3. The molecule has 0 bridgehead atoms. The maximum absolute atomic E-state index is 12.7. The van der Waals surface area contributed by atoms with Crippen LogP contribution in [0.3, 0.4) is 0 Å². The molecule has 0 saturated carbocycles. The third kappa shape index (κ3) is 4.63. The van der Waals surface area contributed by atoms with Gasteiger partial charge < -0.3 is 4.90 Å². The van der Waals surface area contributed by atoms with Gasteiger partial charge in [0.05, 0.1) is 17.2 Å². The van der Waals surface area contributed by atoms with Crippen LogP contribution in [0.4, 0.5) is 19.0 Å². The highest BCUT2D eigenvalue weighted by Crippen LogP contribution is 2.29. The SMILES string of the molecule is Cc1cc(-c2ccc(C#N)cc2)cnc1C(=Nc1ccc(C(F)(F)F)cn1)N(C)C. The zero-order chi connectivity index (χ0) is 21.9. The van der Waals surface area contributed by atoms with Gasteiger partial charge in [0.2, 0.25) is 0 Å². The molecule has 1 aromatic carbocycles. The molecule has 0 amide bonds. The van der Waals surface area contributed by atoms with E-state index in [1.54, 1.807) is 37.3 Å². The van der Waals surface area contributed by atoms with Crippen LogP contribution >= 0.6 is 0 Å². The van der Waals surface area contributed by atoms with Crippen molar-refractivity contribution in [3.63, 3.8) is 0 Å². The van der Waals surface area contributed by atoms with Crippen LogP contribution in [0.25, 0.3) is 11.1 Å². The molecule has 0 aliphatic carbocycles. The Balaban J connectivity index is 1.96. The molecule has 0 unspecified atom stereocenters. The number of hydrogen-bond acceptors (Lipinski definition) is 4. The predicted molar refractivity (Wildman–Crippen MR) is 108 cm³/mol. The number of halogens is 3. The average Bonchev–Trinajstić information content (AvgIpc) is 2.72. The van der Waals surface area contributed by atoms with E-state index in [9.17, 15) is 13.2 Å². The van der Waals surface area contributed by atoms with Gasteiger partial charge in [0, 0.05) is 32.1 Å². The van der Waals surface area contributed by atoms with Crippen LogP contribution in [0.2, 0.25) is 0 Å². The summed E-state index contributed by atoms with van der Waals surface area (Å²) in [5, 5.41) is 8.93. The number of rotatable bonds is 3. The largest absolute Gasteiger partial charge is 0.417 e. The lowest BCUT2D eigenvalue weighted by Crippen LogP contribution is -2.25. The average molecular weight is 409 g/mol. The minimum atomic E-state index is -4.45. The van der Waals surface area contributed by atoms with E-state index in [1.807, 2.05) is 25.1 Å². The van der Waals surface area contributed by atoms with Gasteiger partial charge in [0.25, 0.3) is 0 Å². The smallest absolute Gasteiger partial charge is 0.361 e. The Labute approximate surface area is 172 Å². The second-order valence-corrected chi connectivity index (χ2v) is 6.81. The summed E-state index contributed by atoms with van der Waals surface area (Å²) in [4.78, 5) is 14.5. The number of aliphatic imine (C=N–C) groups is 1. The standard InChI is InChI=1S/C22H18F3N5/c1-14-10-17(16-6-4-15(11-26)5-7-16)12-28-20(14)21(30(2)3)29-19-9-8-18(13-27-19)22(23,24)25/h4-10,12-13H,1-3H3. The third-order valence-corrected chi connectivity index (χ3v) is 4.36. The lowest BCUT2D eigenvalue weighted by molar-refractivity contribution is -0.137. The second kappa shape index (κ2) is 8.33. The zero-order valence-corrected chi connectivity index (χ0v) is 16.6. The first-order valence-electron chi connectivity index (χ1n) is 8.96. The Kier molecular flexibility index (Phi) is 5.83. The lowest BCUT2D eigenvalue weighted by atomic mass is 10.0. The van der Waals surface area contributed by atoms with Crippen molar-refractivity contribution in [2.75, 3.05) is 14.1 Å². The quantitative estimate of drug-likeness (QED) is 0.452.